The molecule has 0 spiro atoms. The van der Waals surface area contributed by atoms with E-state index in [1.54, 1.807) is 6.07 Å². The Balaban J connectivity index is 2.34. The van der Waals surface area contributed by atoms with Crippen molar-refractivity contribution in [2.24, 2.45) is 5.92 Å². The van der Waals surface area contributed by atoms with E-state index in [9.17, 15) is 5.11 Å². The molecule has 5 nitrogen and oxygen atoms in total. The number of phenolic OH excluding ortho intramolecular Hbond substituents is 1. The average molecular weight is 297 g/mol. The molecule has 0 aliphatic carbocycles. The second-order valence-electron chi connectivity index (χ2n) is 4.74. The fraction of sp³-hybridized carbons (Fsp3) is 0.429. The number of halogens is 1. The van der Waals surface area contributed by atoms with Crippen LogP contribution >= 0.6 is 11.6 Å². The number of hydrogen-bond donors (Lipinski definition) is 1. The Hall–Kier alpha value is -1.59. The third kappa shape index (κ3) is 3.11. The summed E-state index contributed by atoms with van der Waals surface area (Å²) in [5, 5.41) is 13.9. The molecule has 1 atom stereocenters. The van der Waals surface area contributed by atoms with Crippen LogP contribution in [0.5, 0.6) is 5.75 Å². The SMILES string of the molecule is CCOC(c1noc(-c2cc(O)ccc2Cl)n1)C(C)C. The van der Waals surface area contributed by atoms with Crippen LogP contribution < -0.4 is 0 Å². The van der Waals surface area contributed by atoms with Gasteiger partial charge in [-0.2, -0.15) is 4.98 Å². The molecule has 0 saturated carbocycles. The molecule has 20 heavy (non-hydrogen) atoms. The summed E-state index contributed by atoms with van der Waals surface area (Å²) in [6.07, 6.45) is -0.228. The first-order valence-corrected chi connectivity index (χ1v) is 6.84. The van der Waals surface area contributed by atoms with Gasteiger partial charge < -0.3 is 14.4 Å². The second kappa shape index (κ2) is 6.24. The van der Waals surface area contributed by atoms with Gasteiger partial charge in [-0.15, -0.1) is 0 Å². The lowest BCUT2D eigenvalue weighted by molar-refractivity contribution is 0.0217. The standard InChI is InChI=1S/C14H17ClN2O3/c1-4-19-12(8(2)3)13-16-14(20-17-13)10-7-9(18)5-6-11(10)15/h5-8,12,18H,4H2,1-3H3. The number of aromatic nitrogens is 2. The van der Waals surface area contributed by atoms with Crippen molar-refractivity contribution in [3.05, 3.63) is 29.0 Å². The van der Waals surface area contributed by atoms with Gasteiger partial charge in [0.25, 0.3) is 5.89 Å². The van der Waals surface area contributed by atoms with Gasteiger partial charge in [0.05, 0.1) is 10.6 Å². The molecule has 1 unspecified atom stereocenters. The Morgan fingerprint density at radius 3 is 2.80 bits per heavy atom. The highest BCUT2D eigenvalue weighted by atomic mass is 35.5. The number of nitrogens with zero attached hydrogens (tertiary/aromatic N) is 2. The average Bonchev–Trinajstić information content (AvgIpc) is 2.87. The molecular formula is C14H17ClN2O3. The van der Waals surface area contributed by atoms with E-state index in [-0.39, 0.29) is 23.7 Å². The highest BCUT2D eigenvalue weighted by Gasteiger charge is 2.23. The minimum absolute atomic E-state index is 0.0920. The van der Waals surface area contributed by atoms with E-state index >= 15 is 0 Å². The van der Waals surface area contributed by atoms with E-state index in [4.69, 9.17) is 20.9 Å². The smallest absolute Gasteiger partial charge is 0.259 e. The largest absolute Gasteiger partial charge is 0.508 e. The van der Waals surface area contributed by atoms with Gasteiger partial charge >= 0.3 is 0 Å². The minimum Gasteiger partial charge on any atom is -0.508 e. The molecule has 0 saturated heterocycles. The summed E-state index contributed by atoms with van der Waals surface area (Å²) >= 11 is 6.07. The van der Waals surface area contributed by atoms with Gasteiger partial charge in [0, 0.05) is 6.61 Å². The van der Waals surface area contributed by atoms with Crippen LogP contribution in [0.15, 0.2) is 22.7 Å². The van der Waals surface area contributed by atoms with E-state index < -0.39 is 0 Å². The van der Waals surface area contributed by atoms with Crippen molar-refractivity contribution in [2.45, 2.75) is 26.9 Å². The fourth-order valence-electron chi connectivity index (χ4n) is 1.88. The first-order chi connectivity index (χ1) is 9.52. The molecule has 0 aliphatic rings. The van der Waals surface area contributed by atoms with Crippen molar-refractivity contribution in [2.75, 3.05) is 6.61 Å². The maximum absolute atomic E-state index is 9.51. The first kappa shape index (κ1) is 14.8. The number of phenols is 1. The molecule has 0 fully saturated rings. The normalized spacial score (nSPS) is 12.8. The number of aromatic hydroxyl groups is 1. The summed E-state index contributed by atoms with van der Waals surface area (Å²) in [4.78, 5) is 4.32. The summed E-state index contributed by atoms with van der Waals surface area (Å²) in [6, 6.07) is 4.57. The summed E-state index contributed by atoms with van der Waals surface area (Å²) < 4.78 is 10.9. The molecule has 1 N–H and O–H groups in total. The Labute approximate surface area is 122 Å². The highest BCUT2D eigenvalue weighted by molar-refractivity contribution is 6.33. The fourth-order valence-corrected chi connectivity index (χ4v) is 2.08. The zero-order valence-electron chi connectivity index (χ0n) is 11.6. The van der Waals surface area contributed by atoms with Crippen molar-refractivity contribution in [1.29, 1.82) is 0 Å². The molecule has 1 heterocycles. The van der Waals surface area contributed by atoms with E-state index in [1.807, 2.05) is 20.8 Å². The van der Waals surface area contributed by atoms with Crippen LogP contribution in [0.3, 0.4) is 0 Å². The Morgan fingerprint density at radius 2 is 2.15 bits per heavy atom. The lowest BCUT2D eigenvalue weighted by Crippen LogP contribution is -2.12. The maximum Gasteiger partial charge on any atom is 0.259 e. The topological polar surface area (TPSA) is 68.4 Å². The van der Waals surface area contributed by atoms with E-state index in [0.717, 1.165) is 0 Å². The quantitative estimate of drug-likeness (QED) is 0.908. The second-order valence-corrected chi connectivity index (χ2v) is 5.15. The van der Waals surface area contributed by atoms with Crippen molar-refractivity contribution in [3.63, 3.8) is 0 Å². The zero-order chi connectivity index (χ0) is 14.7. The third-order valence-electron chi connectivity index (χ3n) is 2.83. The maximum atomic E-state index is 9.51. The molecule has 2 rings (SSSR count). The summed E-state index contributed by atoms with van der Waals surface area (Å²) in [6.45, 7) is 6.54. The van der Waals surface area contributed by atoms with Crippen molar-refractivity contribution < 1.29 is 14.4 Å². The molecule has 0 bridgehead atoms. The van der Waals surface area contributed by atoms with Gasteiger partial charge in [0.2, 0.25) is 5.82 Å². The molecular weight excluding hydrogens is 280 g/mol. The van der Waals surface area contributed by atoms with Gasteiger partial charge in [-0.05, 0) is 31.0 Å². The van der Waals surface area contributed by atoms with Crippen LogP contribution in [0.4, 0.5) is 0 Å². The molecule has 2 aromatic rings. The summed E-state index contributed by atoms with van der Waals surface area (Å²) in [7, 11) is 0. The number of ether oxygens (including phenoxy) is 1. The molecule has 6 heteroatoms. The van der Waals surface area contributed by atoms with E-state index in [0.29, 0.717) is 23.0 Å². The van der Waals surface area contributed by atoms with Crippen LogP contribution in [-0.2, 0) is 4.74 Å². The zero-order valence-corrected chi connectivity index (χ0v) is 12.4. The van der Waals surface area contributed by atoms with Crippen molar-refractivity contribution >= 4 is 11.6 Å². The summed E-state index contributed by atoms with van der Waals surface area (Å²) in [5.74, 6) is 1.07. The Kier molecular flexibility index (Phi) is 4.62. The first-order valence-electron chi connectivity index (χ1n) is 6.47. The lowest BCUT2D eigenvalue weighted by Gasteiger charge is -2.16. The Morgan fingerprint density at radius 1 is 1.40 bits per heavy atom. The lowest BCUT2D eigenvalue weighted by atomic mass is 10.1. The van der Waals surface area contributed by atoms with Crippen molar-refractivity contribution in [1.82, 2.24) is 10.1 Å². The predicted octanol–water partition coefficient (Wildman–Crippen LogP) is 3.83. The number of rotatable bonds is 5. The van der Waals surface area contributed by atoms with Crippen LogP contribution in [0.25, 0.3) is 11.5 Å². The highest BCUT2D eigenvalue weighted by Crippen LogP contribution is 2.32. The summed E-state index contributed by atoms with van der Waals surface area (Å²) in [5.41, 5.74) is 0.504. The molecule has 0 amide bonds. The Bertz CT molecular complexity index is 584. The van der Waals surface area contributed by atoms with Gasteiger partial charge in [0.1, 0.15) is 11.9 Å². The number of benzene rings is 1. The van der Waals surface area contributed by atoms with E-state index in [1.165, 1.54) is 12.1 Å². The van der Waals surface area contributed by atoms with Crippen LogP contribution in [0.2, 0.25) is 5.02 Å². The third-order valence-corrected chi connectivity index (χ3v) is 3.16. The van der Waals surface area contributed by atoms with Crippen LogP contribution in [-0.4, -0.2) is 21.9 Å². The molecule has 1 aromatic heterocycles. The monoisotopic (exact) mass is 296 g/mol. The minimum atomic E-state index is -0.228. The van der Waals surface area contributed by atoms with Crippen molar-refractivity contribution in [3.8, 4) is 17.2 Å². The molecule has 1 aromatic carbocycles. The molecule has 0 radical (unpaired) electrons. The van der Waals surface area contributed by atoms with Gasteiger partial charge in [-0.3, -0.25) is 0 Å². The number of hydrogen-bond acceptors (Lipinski definition) is 5. The van der Waals surface area contributed by atoms with Gasteiger partial charge in [-0.25, -0.2) is 0 Å². The van der Waals surface area contributed by atoms with Gasteiger partial charge in [-0.1, -0.05) is 30.6 Å². The van der Waals surface area contributed by atoms with Gasteiger partial charge in [0.15, 0.2) is 0 Å². The predicted molar refractivity (Wildman–Crippen MR) is 75.6 cm³/mol. The van der Waals surface area contributed by atoms with Crippen LogP contribution in [0.1, 0.15) is 32.7 Å². The van der Waals surface area contributed by atoms with Crippen LogP contribution in [0, 0.1) is 5.92 Å². The van der Waals surface area contributed by atoms with E-state index in [2.05, 4.69) is 10.1 Å². The molecule has 108 valence electrons. The molecule has 0 aliphatic heterocycles.